The maximum atomic E-state index is 11.9. The Bertz CT molecular complexity index is 639. The van der Waals surface area contributed by atoms with Gasteiger partial charge in [-0.25, -0.2) is 4.98 Å². The summed E-state index contributed by atoms with van der Waals surface area (Å²) in [6, 6.07) is 10.6. The fourth-order valence-corrected chi connectivity index (χ4v) is 1.98. The predicted molar refractivity (Wildman–Crippen MR) is 87.0 cm³/mol. The van der Waals surface area contributed by atoms with Crippen LogP contribution in [0.1, 0.15) is 13.3 Å². The van der Waals surface area contributed by atoms with Gasteiger partial charge in [-0.05, 0) is 24.6 Å². The highest BCUT2D eigenvalue weighted by molar-refractivity contribution is 5.93. The summed E-state index contributed by atoms with van der Waals surface area (Å²) >= 11 is 0. The molecule has 6 heteroatoms. The van der Waals surface area contributed by atoms with Crippen LogP contribution in [0.5, 0.6) is 17.4 Å². The molecule has 0 saturated heterocycles. The van der Waals surface area contributed by atoms with Crippen LogP contribution in [-0.2, 0) is 9.53 Å². The van der Waals surface area contributed by atoms with Crippen molar-refractivity contribution in [1.29, 1.82) is 0 Å². The predicted octanol–water partition coefficient (Wildman–Crippen LogP) is 3.25. The van der Waals surface area contributed by atoms with E-state index in [1.165, 1.54) is 13.3 Å². The number of nitrogens with zero attached hydrogens (tertiary/aromatic N) is 1. The first-order chi connectivity index (χ1) is 11.2. The van der Waals surface area contributed by atoms with Crippen molar-refractivity contribution in [3.63, 3.8) is 0 Å². The lowest BCUT2D eigenvalue weighted by atomic mass is 10.2. The molecule has 0 aliphatic carbocycles. The Morgan fingerprint density at radius 2 is 2.00 bits per heavy atom. The molecule has 122 valence electrons. The molecular weight excluding hydrogens is 296 g/mol. The van der Waals surface area contributed by atoms with E-state index in [0.29, 0.717) is 29.5 Å². The quantitative estimate of drug-likeness (QED) is 0.849. The first kappa shape index (κ1) is 16.8. The van der Waals surface area contributed by atoms with E-state index in [1.807, 2.05) is 25.1 Å². The first-order valence-corrected chi connectivity index (χ1v) is 7.28. The zero-order valence-electron chi connectivity index (χ0n) is 13.4. The number of anilines is 1. The highest BCUT2D eigenvalue weighted by atomic mass is 16.5. The highest BCUT2D eigenvalue weighted by Gasteiger charge is 2.15. The molecule has 2 rings (SSSR count). The molecule has 0 saturated carbocycles. The zero-order valence-corrected chi connectivity index (χ0v) is 13.4. The van der Waals surface area contributed by atoms with Gasteiger partial charge in [0, 0.05) is 19.2 Å². The summed E-state index contributed by atoms with van der Waals surface area (Å²) in [6.45, 7) is 1.89. The van der Waals surface area contributed by atoms with Crippen molar-refractivity contribution in [3.8, 4) is 17.4 Å². The van der Waals surface area contributed by atoms with Gasteiger partial charge in [0.25, 0.3) is 5.91 Å². The molecule has 1 N–H and O–H groups in total. The maximum Gasteiger partial charge on any atom is 0.253 e. The van der Waals surface area contributed by atoms with Crippen molar-refractivity contribution >= 4 is 11.6 Å². The molecule has 1 unspecified atom stereocenters. The van der Waals surface area contributed by atoms with E-state index >= 15 is 0 Å². The molecule has 1 heterocycles. The monoisotopic (exact) mass is 316 g/mol. The number of amides is 1. The fraction of sp³-hybridized carbons (Fsp3) is 0.294. The summed E-state index contributed by atoms with van der Waals surface area (Å²) in [5.41, 5.74) is 0.587. The van der Waals surface area contributed by atoms with Gasteiger partial charge in [0.1, 0.15) is 17.6 Å². The normalized spacial score (nSPS) is 11.6. The number of carbonyl (C=O) groups is 1. The van der Waals surface area contributed by atoms with E-state index in [-0.39, 0.29) is 5.91 Å². The van der Waals surface area contributed by atoms with Gasteiger partial charge in [-0.15, -0.1) is 0 Å². The molecule has 0 bridgehead atoms. The number of methoxy groups -OCH3 is 2. The Labute approximate surface area is 135 Å². The van der Waals surface area contributed by atoms with Crippen LogP contribution in [0.2, 0.25) is 0 Å². The molecule has 0 aliphatic rings. The van der Waals surface area contributed by atoms with Crippen LogP contribution in [0, 0.1) is 0 Å². The summed E-state index contributed by atoms with van der Waals surface area (Å²) in [4.78, 5) is 16.1. The molecule has 1 atom stereocenters. The summed E-state index contributed by atoms with van der Waals surface area (Å²) in [6.07, 6.45) is 1.67. The highest BCUT2D eigenvalue weighted by Crippen LogP contribution is 2.24. The van der Waals surface area contributed by atoms with Crippen LogP contribution in [-0.4, -0.2) is 31.2 Å². The largest absolute Gasteiger partial charge is 0.497 e. The Morgan fingerprint density at radius 3 is 2.61 bits per heavy atom. The van der Waals surface area contributed by atoms with E-state index in [4.69, 9.17) is 14.2 Å². The number of benzene rings is 1. The van der Waals surface area contributed by atoms with Crippen LogP contribution in [0.4, 0.5) is 5.69 Å². The van der Waals surface area contributed by atoms with Gasteiger partial charge < -0.3 is 19.5 Å². The molecular formula is C17H20N2O4. The van der Waals surface area contributed by atoms with Gasteiger partial charge in [-0.3, -0.25) is 4.79 Å². The summed E-state index contributed by atoms with van der Waals surface area (Å²) < 4.78 is 15.9. The van der Waals surface area contributed by atoms with Crippen molar-refractivity contribution < 1.29 is 19.0 Å². The number of rotatable bonds is 7. The van der Waals surface area contributed by atoms with E-state index < -0.39 is 6.10 Å². The number of nitrogens with one attached hydrogen (secondary N) is 1. The number of hydrogen-bond donors (Lipinski definition) is 1. The van der Waals surface area contributed by atoms with Crippen LogP contribution >= 0.6 is 0 Å². The smallest absolute Gasteiger partial charge is 0.253 e. The number of pyridine rings is 1. The van der Waals surface area contributed by atoms with Crippen LogP contribution in [0.15, 0.2) is 42.6 Å². The molecule has 0 radical (unpaired) electrons. The lowest BCUT2D eigenvalue weighted by Crippen LogP contribution is -2.28. The molecule has 6 nitrogen and oxygen atoms in total. The maximum absolute atomic E-state index is 11.9. The van der Waals surface area contributed by atoms with Crippen molar-refractivity contribution in [2.75, 3.05) is 19.5 Å². The van der Waals surface area contributed by atoms with E-state index in [9.17, 15) is 4.79 Å². The number of aromatic nitrogens is 1. The number of carbonyl (C=O) groups excluding carboxylic acids is 1. The number of ether oxygens (including phenoxy) is 3. The van der Waals surface area contributed by atoms with Gasteiger partial charge >= 0.3 is 0 Å². The fourth-order valence-electron chi connectivity index (χ4n) is 1.98. The van der Waals surface area contributed by atoms with E-state index in [2.05, 4.69) is 10.3 Å². The summed E-state index contributed by atoms with van der Waals surface area (Å²) in [7, 11) is 3.11. The third-order valence-corrected chi connectivity index (χ3v) is 3.22. The lowest BCUT2D eigenvalue weighted by molar-refractivity contribution is -0.125. The van der Waals surface area contributed by atoms with Gasteiger partial charge in [-0.2, -0.15) is 0 Å². The lowest BCUT2D eigenvalue weighted by Gasteiger charge is -2.13. The van der Waals surface area contributed by atoms with E-state index in [1.54, 1.807) is 25.3 Å². The Morgan fingerprint density at radius 1 is 1.22 bits per heavy atom. The average molecular weight is 316 g/mol. The third kappa shape index (κ3) is 4.69. The standard InChI is InChI=1S/C17H20N2O4/c1-4-15(22-3)17(20)19-12-8-9-16(18-11-12)23-14-7-5-6-13(10-14)21-2/h5-11,15H,4H2,1-3H3,(H,19,20). The van der Waals surface area contributed by atoms with Gasteiger partial charge in [0.2, 0.25) is 5.88 Å². The Kier molecular flexibility index (Phi) is 5.94. The summed E-state index contributed by atoms with van der Waals surface area (Å²) in [5.74, 6) is 1.56. The van der Waals surface area contributed by atoms with Gasteiger partial charge in [-0.1, -0.05) is 13.0 Å². The first-order valence-electron chi connectivity index (χ1n) is 7.28. The van der Waals surface area contributed by atoms with E-state index in [0.717, 1.165) is 0 Å². The average Bonchev–Trinajstić information content (AvgIpc) is 2.58. The summed E-state index contributed by atoms with van der Waals surface area (Å²) in [5, 5.41) is 2.75. The minimum Gasteiger partial charge on any atom is -0.497 e. The molecule has 0 spiro atoms. The number of hydrogen-bond acceptors (Lipinski definition) is 5. The zero-order chi connectivity index (χ0) is 16.7. The molecule has 2 aromatic rings. The second-order valence-corrected chi connectivity index (χ2v) is 4.79. The van der Waals surface area contributed by atoms with Crippen molar-refractivity contribution in [3.05, 3.63) is 42.6 Å². The second kappa shape index (κ2) is 8.14. The third-order valence-electron chi connectivity index (χ3n) is 3.22. The molecule has 23 heavy (non-hydrogen) atoms. The van der Waals surface area contributed by atoms with Crippen molar-refractivity contribution in [1.82, 2.24) is 4.98 Å². The topological polar surface area (TPSA) is 69.7 Å². The molecule has 1 aromatic carbocycles. The van der Waals surface area contributed by atoms with Crippen LogP contribution < -0.4 is 14.8 Å². The molecule has 1 aromatic heterocycles. The second-order valence-electron chi connectivity index (χ2n) is 4.79. The van der Waals surface area contributed by atoms with Gasteiger partial charge in [0.05, 0.1) is 19.0 Å². The Hall–Kier alpha value is -2.60. The SMILES string of the molecule is CCC(OC)C(=O)Nc1ccc(Oc2cccc(OC)c2)nc1. The minimum atomic E-state index is -0.470. The van der Waals surface area contributed by atoms with Crippen LogP contribution in [0.25, 0.3) is 0 Å². The Balaban J connectivity index is 2.00. The molecule has 1 amide bonds. The van der Waals surface area contributed by atoms with Crippen LogP contribution in [0.3, 0.4) is 0 Å². The minimum absolute atomic E-state index is 0.196. The van der Waals surface area contributed by atoms with Crippen molar-refractivity contribution in [2.24, 2.45) is 0 Å². The molecule has 0 aliphatic heterocycles. The van der Waals surface area contributed by atoms with Crippen molar-refractivity contribution in [2.45, 2.75) is 19.4 Å². The molecule has 0 fully saturated rings. The van der Waals surface area contributed by atoms with Gasteiger partial charge in [0.15, 0.2) is 0 Å².